The monoisotopic (exact) mass is 270 g/mol. The molecule has 0 saturated carbocycles. The molecule has 0 rings (SSSR count). The largest absolute Gasteiger partial charge is 0.306 e. The fraction of sp³-hybridized carbons (Fsp3) is 0.600. The van der Waals surface area contributed by atoms with Gasteiger partial charge in [0.15, 0.2) is 11.1 Å². The van der Waals surface area contributed by atoms with Gasteiger partial charge in [0.2, 0.25) is 0 Å². The third-order valence-electron chi connectivity index (χ3n) is 2.70. The van der Waals surface area contributed by atoms with Gasteiger partial charge in [0.05, 0.1) is 5.75 Å². The summed E-state index contributed by atoms with van der Waals surface area (Å²) in [4.78, 5) is 0. The Morgan fingerprint density at radius 1 is 0.944 bits per heavy atom. The first-order valence-corrected chi connectivity index (χ1v) is 7.71. The smallest absolute Gasteiger partial charge is 0.156 e. The molecule has 18 heavy (non-hydrogen) atoms. The zero-order chi connectivity index (χ0) is 14.0. The molecular weight excluding hydrogens is 244 g/mol. The van der Waals surface area contributed by atoms with Crippen LogP contribution in [0.1, 0.15) is 53.4 Å². The van der Waals surface area contributed by atoms with Gasteiger partial charge in [-0.1, -0.05) is 34.9 Å². The van der Waals surface area contributed by atoms with Crippen LogP contribution in [0.2, 0.25) is 0 Å². The van der Waals surface area contributed by atoms with E-state index in [1.165, 1.54) is 16.7 Å². The second-order valence-corrected chi connectivity index (χ2v) is 5.92. The van der Waals surface area contributed by atoms with Crippen LogP contribution in [0.25, 0.3) is 0 Å². The minimum Gasteiger partial charge on any atom is -0.306 e. The van der Waals surface area contributed by atoms with E-state index in [0.717, 1.165) is 25.7 Å². The van der Waals surface area contributed by atoms with Crippen molar-refractivity contribution in [2.45, 2.75) is 53.4 Å². The Balaban J connectivity index is 3.89. The highest BCUT2D eigenvalue weighted by molar-refractivity contribution is 7.79. The lowest BCUT2D eigenvalue weighted by Crippen LogP contribution is -1.91. The second kappa shape index (κ2) is 10.3. The van der Waals surface area contributed by atoms with Gasteiger partial charge in [-0.15, -0.1) is 0 Å². The molecule has 3 heteroatoms. The zero-order valence-corrected chi connectivity index (χ0v) is 12.8. The van der Waals surface area contributed by atoms with Crippen molar-refractivity contribution in [1.29, 1.82) is 0 Å². The third-order valence-corrected chi connectivity index (χ3v) is 3.15. The van der Waals surface area contributed by atoms with E-state index in [0.29, 0.717) is 0 Å². The van der Waals surface area contributed by atoms with Gasteiger partial charge in [0, 0.05) is 0 Å². The maximum absolute atomic E-state index is 10.5. The number of allylic oxidation sites excluding steroid dienone is 5. The van der Waals surface area contributed by atoms with Gasteiger partial charge in [-0.05, 0) is 53.4 Å². The standard InChI is InChI=1S/C15H26O2S/c1-13(2)7-5-8-14(3)9-6-10-15(4)11-12-18(16)17/h7,9,11H,5-6,8,10,12H2,1-4H3,(H,16,17). The molecule has 1 unspecified atom stereocenters. The average molecular weight is 270 g/mol. The SMILES string of the molecule is CC(C)=CCCC(C)=CCCC(C)=CCS(=O)O. The molecule has 0 spiro atoms. The molecule has 0 aromatic heterocycles. The van der Waals surface area contributed by atoms with E-state index in [2.05, 4.69) is 32.9 Å². The highest BCUT2D eigenvalue weighted by atomic mass is 32.2. The van der Waals surface area contributed by atoms with Crippen molar-refractivity contribution in [2.75, 3.05) is 5.75 Å². The predicted octanol–water partition coefficient (Wildman–Crippen LogP) is 4.63. The van der Waals surface area contributed by atoms with Crippen molar-refractivity contribution in [3.05, 3.63) is 34.9 Å². The molecule has 0 radical (unpaired) electrons. The van der Waals surface area contributed by atoms with Crippen molar-refractivity contribution in [2.24, 2.45) is 0 Å². The number of rotatable bonds is 8. The molecule has 0 aromatic carbocycles. The van der Waals surface area contributed by atoms with E-state index in [-0.39, 0.29) is 5.75 Å². The Morgan fingerprint density at radius 2 is 1.44 bits per heavy atom. The van der Waals surface area contributed by atoms with Crippen LogP contribution in [0.5, 0.6) is 0 Å². The van der Waals surface area contributed by atoms with Gasteiger partial charge >= 0.3 is 0 Å². The molecule has 1 N–H and O–H groups in total. The second-order valence-electron chi connectivity index (χ2n) is 4.95. The molecule has 0 amide bonds. The summed E-state index contributed by atoms with van der Waals surface area (Å²) in [6.07, 6.45) is 10.6. The van der Waals surface area contributed by atoms with E-state index >= 15 is 0 Å². The summed E-state index contributed by atoms with van der Waals surface area (Å²) < 4.78 is 19.2. The van der Waals surface area contributed by atoms with Gasteiger partial charge < -0.3 is 4.55 Å². The summed E-state index contributed by atoms with van der Waals surface area (Å²) in [5.74, 6) is 0.245. The lowest BCUT2D eigenvalue weighted by Gasteiger charge is -2.01. The fourth-order valence-electron chi connectivity index (χ4n) is 1.55. The maximum Gasteiger partial charge on any atom is 0.156 e. The van der Waals surface area contributed by atoms with E-state index in [4.69, 9.17) is 4.55 Å². The van der Waals surface area contributed by atoms with E-state index in [1.54, 1.807) is 0 Å². The maximum atomic E-state index is 10.5. The van der Waals surface area contributed by atoms with Crippen LogP contribution in [0.3, 0.4) is 0 Å². The summed E-state index contributed by atoms with van der Waals surface area (Å²) >= 11 is -1.71. The molecule has 0 aromatic rings. The first kappa shape index (κ1) is 17.3. The minimum absolute atomic E-state index is 0.245. The topological polar surface area (TPSA) is 37.3 Å². The highest BCUT2D eigenvalue weighted by Crippen LogP contribution is 2.11. The van der Waals surface area contributed by atoms with Gasteiger partial charge in [-0.3, -0.25) is 0 Å². The van der Waals surface area contributed by atoms with Crippen LogP contribution in [-0.2, 0) is 11.1 Å². The molecule has 104 valence electrons. The summed E-state index contributed by atoms with van der Waals surface area (Å²) in [7, 11) is 0. The number of hydrogen-bond acceptors (Lipinski definition) is 1. The van der Waals surface area contributed by atoms with E-state index < -0.39 is 11.1 Å². The first-order chi connectivity index (χ1) is 8.41. The van der Waals surface area contributed by atoms with Crippen LogP contribution < -0.4 is 0 Å². The Bertz CT molecular complexity index is 348. The molecule has 0 bridgehead atoms. The lowest BCUT2D eigenvalue weighted by atomic mass is 10.1. The molecule has 0 aliphatic rings. The summed E-state index contributed by atoms with van der Waals surface area (Å²) in [6, 6.07) is 0. The lowest BCUT2D eigenvalue weighted by molar-refractivity contribution is 0.567. The Labute approximate surface area is 114 Å². The van der Waals surface area contributed by atoms with E-state index in [9.17, 15) is 4.21 Å². The molecule has 0 fully saturated rings. The Kier molecular flexibility index (Phi) is 9.89. The van der Waals surface area contributed by atoms with Crippen LogP contribution in [-0.4, -0.2) is 14.5 Å². The summed E-state index contributed by atoms with van der Waals surface area (Å²) in [6.45, 7) is 8.43. The molecule has 0 aliphatic carbocycles. The zero-order valence-electron chi connectivity index (χ0n) is 12.0. The quantitative estimate of drug-likeness (QED) is 0.516. The van der Waals surface area contributed by atoms with Crippen molar-refractivity contribution in [3.63, 3.8) is 0 Å². The predicted molar refractivity (Wildman–Crippen MR) is 81.1 cm³/mol. The number of hydrogen-bond donors (Lipinski definition) is 1. The molecule has 2 nitrogen and oxygen atoms in total. The van der Waals surface area contributed by atoms with Gasteiger partial charge in [-0.25, -0.2) is 4.21 Å². The van der Waals surface area contributed by atoms with Crippen LogP contribution in [0.15, 0.2) is 34.9 Å². The third kappa shape index (κ3) is 11.8. The van der Waals surface area contributed by atoms with Crippen LogP contribution in [0.4, 0.5) is 0 Å². The van der Waals surface area contributed by atoms with Gasteiger partial charge in [0.25, 0.3) is 0 Å². The molecule has 0 aliphatic heterocycles. The summed E-state index contributed by atoms with van der Waals surface area (Å²) in [5, 5.41) is 0. The van der Waals surface area contributed by atoms with Gasteiger partial charge in [-0.2, -0.15) is 0 Å². The minimum atomic E-state index is -1.71. The molecule has 1 atom stereocenters. The van der Waals surface area contributed by atoms with Crippen LogP contribution >= 0.6 is 0 Å². The van der Waals surface area contributed by atoms with Crippen molar-refractivity contribution in [3.8, 4) is 0 Å². The highest BCUT2D eigenvalue weighted by Gasteiger charge is 1.93. The fourth-order valence-corrected chi connectivity index (χ4v) is 1.98. The Morgan fingerprint density at radius 3 is 1.94 bits per heavy atom. The Hall–Kier alpha value is -0.670. The van der Waals surface area contributed by atoms with Crippen molar-refractivity contribution < 1.29 is 8.76 Å². The molecule has 0 saturated heterocycles. The first-order valence-electron chi connectivity index (χ1n) is 6.44. The molecular formula is C15H26O2S. The summed E-state index contributed by atoms with van der Waals surface area (Å²) in [5.41, 5.74) is 3.98. The van der Waals surface area contributed by atoms with Crippen molar-refractivity contribution >= 4 is 11.1 Å². The van der Waals surface area contributed by atoms with Crippen molar-refractivity contribution in [1.82, 2.24) is 0 Å². The molecule has 0 heterocycles. The van der Waals surface area contributed by atoms with Gasteiger partial charge in [0.1, 0.15) is 0 Å². The average Bonchev–Trinajstić information content (AvgIpc) is 2.25. The normalized spacial score (nSPS) is 14.5. The van der Waals surface area contributed by atoms with Crippen LogP contribution in [0, 0.1) is 0 Å². The van der Waals surface area contributed by atoms with E-state index in [1.807, 2.05) is 13.0 Å².